The van der Waals surface area contributed by atoms with Gasteiger partial charge >= 0.3 is 0 Å². The Kier molecular flexibility index (Phi) is 7.56. The molecule has 0 amide bonds. The fourth-order valence-corrected chi connectivity index (χ4v) is 1.25. The molecule has 0 aliphatic rings. The van der Waals surface area contributed by atoms with Gasteiger partial charge in [0.1, 0.15) is 0 Å². The minimum Gasteiger partial charge on any atom is -0.0991 e. The zero-order valence-corrected chi connectivity index (χ0v) is 11.3. The first-order chi connectivity index (χ1) is 9.86. The largest absolute Gasteiger partial charge is 0.0991 e. The van der Waals surface area contributed by atoms with Crippen molar-refractivity contribution >= 4 is 0 Å². The number of hydrogen-bond acceptors (Lipinski definition) is 0. The Balaban J connectivity index is 0.000000444. The fraction of sp³-hybridized carbons (Fsp3) is 0. The van der Waals surface area contributed by atoms with Crippen molar-refractivity contribution in [2.45, 2.75) is 0 Å². The first kappa shape index (κ1) is 15.1. The summed E-state index contributed by atoms with van der Waals surface area (Å²) >= 11 is 0. The molecule has 0 radical (unpaired) electrons. The average Bonchev–Trinajstić information content (AvgIpc) is 2.54. The van der Waals surface area contributed by atoms with Gasteiger partial charge < -0.3 is 0 Å². The highest BCUT2D eigenvalue weighted by atomic mass is 13.8. The Morgan fingerprint density at radius 1 is 0.600 bits per heavy atom. The maximum Gasteiger partial charge on any atom is 0.0255 e. The van der Waals surface area contributed by atoms with Gasteiger partial charge in [-0.15, -0.1) is 0 Å². The minimum absolute atomic E-state index is 0.991. The Labute approximate surface area is 121 Å². The molecule has 2 aromatic carbocycles. The molecule has 0 saturated heterocycles. The van der Waals surface area contributed by atoms with Crippen molar-refractivity contribution in [3.63, 3.8) is 0 Å². The SMILES string of the molecule is C(C#Cc1ccccc1)#Cc1ccccc1.C=CC=C. The molecule has 0 atom stereocenters. The van der Waals surface area contributed by atoms with Crippen molar-refractivity contribution in [1.82, 2.24) is 0 Å². The van der Waals surface area contributed by atoms with Crippen molar-refractivity contribution in [2.24, 2.45) is 0 Å². The lowest BCUT2D eigenvalue weighted by Gasteiger charge is -1.84. The number of benzene rings is 2. The minimum atomic E-state index is 0.991. The van der Waals surface area contributed by atoms with E-state index in [-0.39, 0.29) is 0 Å². The van der Waals surface area contributed by atoms with Crippen LogP contribution >= 0.6 is 0 Å². The lowest BCUT2D eigenvalue weighted by atomic mass is 10.2. The van der Waals surface area contributed by atoms with Crippen LogP contribution in [0.1, 0.15) is 11.1 Å². The highest BCUT2D eigenvalue weighted by Crippen LogP contribution is 1.95. The van der Waals surface area contributed by atoms with E-state index in [4.69, 9.17) is 0 Å². The second-order valence-electron chi connectivity index (χ2n) is 3.70. The van der Waals surface area contributed by atoms with Crippen LogP contribution in [0.4, 0.5) is 0 Å². The molecule has 0 aromatic heterocycles. The first-order valence-electron chi connectivity index (χ1n) is 6.22. The molecule has 20 heavy (non-hydrogen) atoms. The van der Waals surface area contributed by atoms with Gasteiger partial charge in [-0.2, -0.15) is 0 Å². The van der Waals surface area contributed by atoms with Gasteiger partial charge in [-0.25, -0.2) is 0 Å². The van der Waals surface area contributed by atoms with Gasteiger partial charge in [0, 0.05) is 11.1 Å². The Morgan fingerprint density at radius 3 is 1.25 bits per heavy atom. The Hall–Kier alpha value is -2.96. The molecular formula is C20H16. The van der Waals surface area contributed by atoms with Crippen LogP contribution in [0.2, 0.25) is 0 Å². The van der Waals surface area contributed by atoms with Crippen LogP contribution in [0.25, 0.3) is 0 Å². The number of hydrogen-bond donors (Lipinski definition) is 0. The third kappa shape index (κ3) is 6.70. The molecule has 0 aliphatic heterocycles. The predicted octanol–water partition coefficient (Wildman–Crippen LogP) is 4.45. The molecule has 0 aliphatic carbocycles. The van der Waals surface area contributed by atoms with E-state index in [0.29, 0.717) is 0 Å². The van der Waals surface area contributed by atoms with E-state index in [1.807, 2.05) is 60.7 Å². The fourth-order valence-electron chi connectivity index (χ4n) is 1.25. The summed E-state index contributed by atoms with van der Waals surface area (Å²) in [5, 5.41) is 0. The van der Waals surface area contributed by atoms with Crippen LogP contribution in [0.15, 0.2) is 86.0 Å². The molecule has 2 aromatic rings. The molecule has 0 unspecified atom stereocenters. The summed E-state index contributed by atoms with van der Waals surface area (Å²) in [6, 6.07) is 19.7. The topological polar surface area (TPSA) is 0 Å². The second kappa shape index (κ2) is 10.0. The van der Waals surface area contributed by atoms with E-state index in [2.05, 4.69) is 36.8 Å². The van der Waals surface area contributed by atoms with Gasteiger partial charge in [0.05, 0.1) is 0 Å². The molecule has 0 heterocycles. The first-order valence-corrected chi connectivity index (χ1v) is 6.22. The molecular weight excluding hydrogens is 240 g/mol. The maximum atomic E-state index is 3.36. The zero-order chi connectivity index (χ0) is 14.5. The summed E-state index contributed by atoms with van der Waals surface area (Å²) in [7, 11) is 0. The summed E-state index contributed by atoms with van der Waals surface area (Å²) in [5.74, 6) is 11.7. The molecule has 96 valence electrons. The monoisotopic (exact) mass is 256 g/mol. The average molecular weight is 256 g/mol. The molecule has 0 spiro atoms. The van der Waals surface area contributed by atoms with Crippen molar-refractivity contribution in [1.29, 1.82) is 0 Å². The molecule has 0 bridgehead atoms. The second-order valence-corrected chi connectivity index (χ2v) is 3.70. The lowest BCUT2D eigenvalue weighted by Crippen LogP contribution is -1.71. The summed E-state index contributed by atoms with van der Waals surface area (Å²) in [6.07, 6.45) is 3.28. The van der Waals surface area contributed by atoms with Crippen molar-refractivity contribution in [3.8, 4) is 23.7 Å². The molecule has 0 saturated carbocycles. The van der Waals surface area contributed by atoms with Crippen LogP contribution in [0.5, 0.6) is 0 Å². The summed E-state index contributed by atoms with van der Waals surface area (Å²) < 4.78 is 0. The third-order valence-corrected chi connectivity index (χ3v) is 2.19. The van der Waals surface area contributed by atoms with E-state index < -0.39 is 0 Å². The van der Waals surface area contributed by atoms with Gasteiger partial charge in [-0.1, -0.05) is 73.5 Å². The highest BCUT2D eigenvalue weighted by Gasteiger charge is 1.80. The van der Waals surface area contributed by atoms with Crippen molar-refractivity contribution < 1.29 is 0 Å². The van der Waals surface area contributed by atoms with E-state index in [1.165, 1.54) is 0 Å². The van der Waals surface area contributed by atoms with E-state index in [1.54, 1.807) is 12.2 Å². The normalized spacial score (nSPS) is 7.60. The maximum absolute atomic E-state index is 3.36. The smallest absolute Gasteiger partial charge is 0.0255 e. The van der Waals surface area contributed by atoms with Crippen LogP contribution < -0.4 is 0 Å². The van der Waals surface area contributed by atoms with Gasteiger partial charge in [0.15, 0.2) is 0 Å². The molecule has 0 nitrogen and oxygen atoms in total. The summed E-state index contributed by atoms with van der Waals surface area (Å²) in [5.41, 5.74) is 1.98. The standard InChI is InChI=1S/C16H10.C4H6/c1-3-9-15(10-4-1)13-7-8-14-16-11-5-2-6-12-16;1-3-4-2/h1-6,9-12H;3-4H,1-2H2. The van der Waals surface area contributed by atoms with E-state index in [9.17, 15) is 0 Å². The quantitative estimate of drug-likeness (QED) is 0.522. The third-order valence-electron chi connectivity index (χ3n) is 2.19. The zero-order valence-electron chi connectivity index (χ0n) is 11.3. The van der Waals surface area contributed by atoms with E-state index >= 15 is 0 Å². The van der Waals surface area contributed by atoms with Gasteiger partial charge in [0.25, 0.3) is 0 Å². The van der Waals surface area contributed by atoms with Crippen LogP contribution in [0, 0.1) is 23.7 Å². The highest BCUT2D eigenvalue weighted by molar-refractivity contribution is 5.43. The predicted molar refractivity (Wildman–Crippen MR) is 87.0 cm³/mol. The Bertz CT molecular complexity index is 580. The van der Waals surface area contributed by atoms with Crippen molar-refractivity contribution in [2.75, 3.05) is 0 Å². The van der Waals surface area contributed by atoms with Crippen LogP contribution in [0.3, 0.4) is 0 Å². The van der Waals surface area contributed by atoms with Gasteiger partial charge in [0.2, 0.25) is 0 Å². The number of rotatable bonds is 1. The molecule has 0 fully saturated rings. The number of allylic oxidation sites excluding steroid dienone is 2. The molecule has 0 heteroatoms. The summed E-state index contributed by atoms with van der Waals surface area (Å²) in [4.78, 5) is 0. The van der Waals surface area contributed by atoms with Crippen LogP contribution in [-0.2, 0) is 0 Å². The molecule has 0 N–H and O–H groups in total. The lowest BCUT2D eigenvalue weighted by molar-refractivity contribution is 1.65. The van der Waals surface area contributed by atoms with Gasteiger partial charge in [-0.05, 0) is 36.1 Å². The Morgan fingerprint density at radius 2 is 0.950 bits per heavy atom. The van der Waals surface area contributed by atoms with E-state index in [0.717, 1.165) is 11.1 Å². The molecule has 2 rings (SSSR count). The summed E-state index contributed by atoms with van der Waals surface area (Å²) in [6.45, 7) is 6.72. The van der Waals surface area contributed by atoms with Gasteiger partial charge in [-0.3, -0.25) is 0 Å². The van der Waals surface area contributed by atoms with Crippen molar-refractivity contribution in [3.05, 3.63) is 97.1 Å². The van der Waals surface area contributed by atoms with Crippen LogP contribution in [-0.4, -0.2) is 0 Å².